The summed E-state index contributed by atoms with van der Waals surface area (Å²) in [4.78, 5) is 6.25. The van der Waals surface area contributed by atoms with E-state index in [4.69, 9.17) is 17.3 Å². The minimum atomic E-state index is -0.315. The van der Waals surface area contributed by atoms with E-state index in [9.17, 15) is 4.39 Å². The molecule has 25 heavy (non-hydrogen) atoms. The summed E-state index contributed by atoms with van der Waals surface area (Å²) in [6, 6.07) is 1.77. The van der Waals surface area contributed by atoms with Crippen LogP contribution in [0.2, 0.25) is 5.02 Å². The van der Waals surface area contributed by atoms with Crippen LogP contribution in [0.15, 0.2) is 34.9 Å². The zero-order chi connectivity index (χ0) is 18.3. The summed E-state index contributed by atoms with van der Waals surface area (Å²) in [5.74, 6) is 0.623. The molecule has 1 aromatic carbocycles. The number of rotatable bonds is 4. The molecule has 0 aliphatic carbocycles. The zero-order valence-electron chi connectivity index (χ0n) is 15.0. The van der Waals surface area contributed by atoms with Crippen LogP contribution in [0.4, 0.5) is 4.39 Å². The Labute approximate surface area is 153 Å². The van der Waals surface area contributed by atoms with E-state index in [1.165, 1.54) is 0 Å². The van der Waals surface area contributed by atoms with Gasteiger partial charge in [0.2, 0.25) is 0 Å². The van der Waals surface area contributed by atoms with Crippen LogP contribution >= 0.6 is 11.6 Å². The third-order valence-electron chi connectivity index (χ3n) is 4.72. The van der Waals surface area contributed by atoms with Crippen LogP contribution in [0.3, 0.4) is 0 Å². The second-order valence-electron chi connectivity index (χ2n) is 7.09. The Morgan fingerprint density at radius 3 is 2.80 bits per heavy atom. The van der Waals surface area contributed by atoms with Crippen molar-refractivity contribution in [3.05, 3.63) is 57.4 Å². The Hall–Kier alpha value is -2.01. The number of fused-ring (bicyclic) bond motifs is 1. The van der Waals surface area contributed by atoms with Gasteiger partial charge in [0.25, 0.3) is 0 Å². The number of aliphatic imine (C=N–C) groups is 1. The molecule has 0 aromatic heterocycles. The quantitative estimate of drug-likeness (QED) is 0.855. The monoisotopic (exact) mass is 362 g/mol. The van der Waals surface area contributed by atoms with Gasteiger partial charge in [-0.2, -0.15) is 0 Å². The maximum atomic E-state index is 14.3. The van der Waals surface area contributed by atoms with Gasteiger partial charge in [0, 0.05) is 24.5 Å². The SMILES string of the molecule is CC1=C2C(N)=NC=CN2C(Cc2cc(Cl)c(F)c(C)c2CC(C)C)N1. The van der Waals surface area contributed by atoms with Gasteiger partial charge < -0.3 is 16.0 Å². The predicted octanol–water partition coefficient (Wildman–Crippen LogP) is 3.83. The van der Waals surface area contributed by atoms with Crippen molar-refractivity contribution in [1.82, 2.24) is 10.2 Å². The molecule has 0 fully saturated rings. The first-order chi connectivity index (χ1) is 11.8. The molecule has 1 atom stereocenters. The van der Waals surface area contributed by atoms with E-state index in [1.54, 1.807) is 12.3 Å². The van der Waals surface area contributed by atoms with E-state index in [-0.39, 0.29) is 17.0 Å². The summed E-state index contributed by atoms with van der Waals surface area (Å²) < 4.78 is 14.3. The van der Waals surface area contributed by atoms with Gasteiger partial charge in [0.05, 0.1) is 5.02 Å². The molecule has 134 valence electrons. The lowest BCUT2D eigenvalue weighted by Crippen LogP contribution is -2.39. The topological polar surface area (TPSA) is 53.6 Å². The molecule has 3 N–H and O–H groups in total. The van der Waals surface area contributed by atoms with Gasteiger partial charge in [0.1, 0.15) is 23.5 Å². The summed E-state index contributed by atoms with van der Waals surface area (Å²) in [7, 11) is 0. The summed E-state index contributed by atoms with van der Waals surface area (Å²) >= 11 is 6.13. The lowest BCUT2D eigenvalue weighted by Gasteiger charge is -2.28. The molecular weight excluding hydrogens is 339 g/mol. The second kappa shape index (κ2) is 6.71. The van der Waals surface area contributed by atoms with Crippen LogP contribution in [0.25, 0.3) is 0 Å². The third-order valence-corrected chi connectivity index (χ3v) is 5.00. The Morgan fingerprint density at radius 1 is 1.40 bits per heavy atom. The normalized spacial score (nSPS) is 19.4. The summed E-state index contributed by atoms with van der Waals surface area (Å²) in [5.41, 5.74) is 10.7. The molecule has 2 aliphatic rings. The number of hydrogen-bond acceptors (Lipinski definition) is 4. The fourth-order valence-electron chi connectivity index (χ4n) is 3.57. The Kier molecular flexibility index (Phi) is 4.78. The van der Waals surface area contributed by atoms with Crippen molar-refractivity contribution in [2.24, 2.45) is 16.6 Å². The van der Waals surface area contributed by atoms with E-state index in [2.05, 4.69) is 29.1 Å². The highest BCUT2D eigenvalue weighted by atomic mass is 35.5. The lowest BCUT2D eigenvalue weighted by atomic mass is 9.91. The van der Waals surface area contributed by atoms with E-state index in [1.807, 2.05) is 20.0 Å². The van der Waals surface area contributed by atoms with Crippen molar-refractivity contribution in [2.75, 3.05) is 0 Å². The minimum absolute atomic E-state index is 0.00661. The average Bonchev–Trinajstić information content (AvgIpc) is 2.86. The van der Waals surface area contributed by atoms with Gasteiger partial charge in [-0.25, -0.2) is 9.38 Å². The molecule has 0 radical (unpaired) electrons. The van der Waals surface area contributed by atoms with Crippen molar-refractivity contribution in [3.63, 3.8) is 0 Å². The maximum absolute atomic E-state index is 14.3. The van der Waals surface area contributed by atoms with Crippen molar-refractivity contribution in [3.8, 4) is 0 Å². The van der Waals surface area contributed by atoms with Crippen LogP contribution in [0.1, 0.15) is 37.5 Å². The molecule has 2 aliphatic heterocycles. The third kappa shape index (κ3) is 3.25. The summed E-state index contributed by atoms with van der Waals surface area (Å²) in [5, 5.41) is 3.64. The molecular formula is C19H24ClFN4. The van der Waals surface area contributed by atoms with Gasteiger partial charge in [-0.05, 0) is 48.9 Å². The molecule has 3 rings (SSSR count). The van der Waals surface area contributed by atoms with E-state index < -0.39 is 0 Å². The Balaban J connectivity index is 1.94. The number of benzene rings is 1. The highest BCUT2D eigenvalue weighted by molar-refractivity contribution is 6.30. The number of allylic oxidation sites excluding steroid dienone is 1. The second-order valence-corrected chi connectivity index (χ2v) is 7.50. The summed E-state index contributed by atoms with van der Waals surface area (Å²) in [6.07, 6.45) is 5.14. The molecule has 6 heteroatoms. The van der Waals surface area contributed by atoms with Crippen LogP contribution in [-0.2, 0) is 12.8 Å². The predicted molar refractivity (Wildman–Crippen MR) is 101 cm³/mol. The molecule has 1 unspecified atom stereocenters. The van der Waals surface area contributed by atoms with E-state index in [0.717, 1.165) is 28.9 Å². The molecule has 0 amide bonds. The summed E-state index contributed by atoms with van der Waals surface area (Å²) in [6.45, 7) is 8.07. The van der Waals surface area contributed by atoms with Crippen molar-refractivity contribution >= 4 is 17.4 Å². The Morgan fingerprint density at radius 2 is 2.12 bits per heavy atom. The minimum Gasteiger partial charge on any atom is -0.382 e. The number of nitrogens with two attached hydrogens (primary N) is 1. The van der Waals surface area contributed by atoms with E-state index >= 15 is 0 Å². The first-order valence-electron chi connectivity index (χ1n) is 8.52. The maximum Gasteiger partial charge on any atom is 0.149 e. The molecule has 0 bridgehead atoms. The zero-order valence-corrected chi connectivity index (χ0v) is 15.8. The van der Waals surface area contributed by atoms with E-state index in [0.29, 0.717) is 23.7 Å². The highest BCUT2D eigenvalue weighted by Crippen LogP contribution is 2.31. The molecule has 1 aromatic rings. The fourth-order valence-corrected chi connectivity index (χ4v) is 3.85. The van der Waals surface area contributed by atoms with Crippen LogP contribution in [-0.4, -0.2) is 16.9 Å². The van der Waals surface area contributed by atoms with Crippen LogP contribution in [0, 0.1) is 18.7 Å². The average molecular weight is 363 g/mol. The smallest absolute Gasteiger partial charge is 0.149 e. The number of amidine groups is 1. The number of halogens is 2. The van der Waals surface area contributed by atoms with Gasteiger partial charge in [0.15, 0.2) is 0 Å². The Bertz CT molecular complexity index is 795. The first kappa shape index (κ1) is 17.8. The molecule has 0 saturated carbocycles. The number of nitrogens with zero attached hydrogens (tertiary/aromatic N) is 2. The lowest BCUT2D eigenvalue weighted by molar-refractivity contribution is 0.347. The fraction of sp³-hybridized carbons (Fsp3) is 0.421. The highest BCUT2D eigenvalue weighted by Gasteiger charge is 2.32. The van der Waals surface area contributed by atoms with Gasteiger partial charge in [-0.15, -0.1) is 0 Å². The number of hydrogen-bond donors (Lipinski definition) is 2. The molecule has 0 spiro atoms. The van der Waals surface area contributed by atoms with Gasteiger partial charge in [-0.1, -0.05) is 25.4 Å². The van der Waals surface area contributed by atoms with Crippen molar-refractivity contribution < 1.29 is 4.39 Å². The number of nitrogens with one attached hydrogen (secondary N) is 1. The van der Waals surface area contributed by atoms with Crippen LogP contribution in [0.5, 0.6) is 0 Å². The standard InChI is InChI=1S/C19H24ClFN4/c1-10(2)7-14-11(3)17(21)15(20)8-13(14)9-16-24-12(4)18-19(22)23-5-6-25(16)18/h5-6,8,10,16,24H,7,9H2,1-4H3,(H2,22,23). The largest absolute Gasteiger partial charge is 0.382 e. The molecule has 2 heterocycles. The molecule has 0 saturated heterocycles. The van der Waals surface area contributed by atoms with Crippen molar-refractivity contribution in [2.45, 2.75) is 46.7 Å². The molecule has 4 nitrogen and oxygen atoms in total. The van der Waals surface area contributed by atoms with Gasteiger partial charge in [-0.3, -0.25) is 0 Å². The van der Waals surface area contributed by atoms with Crippen molar-refractivity contribution in [1.29, 1.82) is 0 Å². The van der Waals surface area contributed by atoms with Crippen LogP contribution < -0.4 is 11.1 Å². The first-order valence-corrected chi connectivity index (χ1v) is 8.89. The van der Waals surface area contributed by atoms with Gasteiger partial charge >= 0.3 is 0 Å².